The number of hydrogen-bond acceptors (Lipinski definition) is 6. The highest BCUT2D eigenvalue weighted by molar-refractivity contribution is 7.89. The maximum atomic E-state index is 13.0. The molecule has 0 bridgehead atoms. The van der Waals surface area contributed by atoms with E-state index in [0.717, 1.165) is 31.5 Å². The van der Waals surface area contributed by atoms with Gasteiger partial charge in [-0.05, 0) is 61.8 Å². The molecule has 3 aromatic rings. The SMILES string of the molecule is COc1cccc(C(CNS(=O)(=O)c2ccc3[nH]c(=O)[nH]c(=O)c3c2)N2CCCC2)c1. The highest BCUT2D eigenvalue weighted by Crippen LogP contribution is 2.27. The third-order valence-electron chi connectivity index (χ3n) is 5.55. The lowest BCUT2D eigenvalue weighted by Crippen LogP contribution is -2.36. The molecule has 4 rings (SSSR count). The summed E-state index contributed by atoms with van der Waals surface area (Å²) in [5.41, 5.74) is -0.0318. The van der Waals surface area contributed by atoms with Crippen LogP contribution in [-0.4, -0.2) is 50.0 Å². The van der Waals surface area contributed by atoms with Crippen LogP contribution in [0.2, 0.25) is 0 Å². The van der Waals surface area contributed by atoms with Gasteiger partial charge in [-0.2, -0.15) is 0 Å². The van der Waals surface area contributed by atoms with Crippen LogP contribution in [0, 0.1) is 0 Å². The van der Waals surface area contributed by atoms with Crippen molar-refractivity contribution in [1.82, 2.24) is 19.6 Å². The van der Waals surface area contributed by atoms with Crippen molar-refractivity contribution in [3.63, 3.8) is 0 Å². The third kappa shape index (κ3) is 4.55. The number of hydrogen-bond donors (Lipinski definition) is 3. The summed E-state index contributed by atoms with van der Waals surface area (Å²) in [6.45, 7) is 1.96. The Morgan fingerprint density at radius 3 is 2.61 bits per heavy atom. The monoisotopic (exact) mass is 444 g/mol. The van der Waals surface area contributed by atoms with Gasteiger partial charge in [0.15, 0.2) is 0 Å². The van der Waals surface area contributed by atoms with Gasteiger partial charge in [-0.3, -0.25) is 14.7 Å². The van der Waals surface area contributed by atoms with E-state index in [2.05, 4.69) is 19.6 Å². The molecule has 1 aliphatic rings. The number of benzene rings is 2. The van der Waals surface area contributed by atoms with E-state index >= 15 is 0 Å². The highest BCUT2D eigenvalue weighted by atomic mass is 32.2. The molecule has 1 unspecified atom stereocenters. The molecule has 0 aliphatic carbocycles. The van der Waals surface area contributed by atoms with Gasteiger partial charge in [0, 0.05) is 12.6 Å². The van der Waals surface area contributed by atoms with Gasteiger partial charge in [0.2, 0.25) is 10.0 Å². The van der Waals surface area contributed by atoms with Gasteiger partial charge in [-0.1, -0.05) is 12.1 Å². The first-order chi connectivity index (χ1) is 14.9. The van der Waals surface area contributed by atoms with Crippen LogP contribution in [0.3, 0.4) is 0 Å². The van der Waals surface area contributed by atoms with E-state index in [0.29, 0.717) is 5.75 Å². The van der Waals surface area contributed by atoms with Crippen LogP contribution in [-0.2, 0) is 10.0 Å². The van der Waals surface area contributed by atoms with Gasteiger partial charge >= 0.3 is 5.69 Å². The van der Waals surface area contributed by atoms with Crippen molar-refractivity contribution in [2.24, 2.45) is 0 Å². The molecule has 164 valence electrons. The smallest absolute Gasteiger partial charge is 0.326 e. The number of methoxy groups -OCH3 is 1. The summed E-state index contributed by atoms with van der Waals surface area (Å²) in [6, 6.07) is 11.5. The molecule has 2 aromatic carbocycles. The summed E-state index contributed by atoms with van der Waals surface area (Å²) in [6.07, 6.45) is 2.14. The van der Waals surface area contributed by atoms with E-state index in [1.54, 1.807) is 7.11 Å². The van der Waals surface area contributed by atoms with Crippen LogP contribution in [0.1, 0.15) is 24.4 Å². The maximum Gasteiger partial charge on any atom is 0.326 e. The summed E-state index contributed by atoms with van der Waals surface area (Å²) < 4.78 is 34.0. The predicted molar refractivity (Wildman–Crippen MR) is 117 cm³/mol. The molecule has 0 spiro atoms. The summed E-state index contributed by atoms with van der Waals surface area (Å²) >= 11 is 0. The fourth-order valence-electron chi connectivity index (χ4n) is 3.94. The second-order valence-electron chi connectivity index (χ2n) is 7.50. The zero-order valence-corrected chi connectivity index (χ0v) is 17.9. The number of aromatic amines is 2. The first-order valence-electron chi connectivity index (χ1n) is 10.0. The molecule has 1 saturated heterocycles. The Morgan fingerprint density at radius 1 is 1.10 bits per heavy atom. The predicted octanol–water partition coefficient (Wildman–Crippen LogP) is 1.34. The number of nitrogens with one attached hydrogen (secondary N) is 3. The van der Waals surface area contributed by atoms with Gasteiger partial charge in [-0.15, -0.1) is 0 Å². The van der Waals surface area contributed by atoms with Crippen LogP contribution >= 0.6 is 0 Å². The van der Waals surface area contributed by atoms with Gasteiger partial charge in [0.1, 0.15) is 5.75 Å². The van der Waals surface area contributed by atoms with Crippen molar-refractivity contribution in [2.45, 2.75) is 23.8 Å². The second-order valence-corrected chi connectivity index (χ2v) is 9.27. The number of ether oxygens (including phenoxy) is 1. The Bertz CT molecular complexity index is 1310. The van der Waals surface area contributed by atoms with E-state index in [4.69, 9.17) is 4.74 Å². The van der Waals surface area contributed by atoms with Gasteiger partial charge in [-0.25, -0.2) is 17.9 Å². The quantitative estimate of drug-likeness (QED) is 0.505. The first kappa shape index (κ1) is 21.3. The topological polar surface area (TPSA) is 124 Å². The van der Waals surface area contributed by atoms with E-state index in [1.807, 2.05) is 24.3 Å². The van der Waals surface area contributed by atoms with E-state index in [-0.39, 0.29) is 28.4 Å². The normalized spacial score (nSPS) is 15.9. The first-order valence-corrected chi connectivity index (χ1v) is 11.5. The molecule has 0 amide bonds. The number of rotatable bonds is 7. The van der Waals surface area contributed by atoms with Gasteiger partial charge < -0.3 is 9.72 Å². The minimum atomic E-state index is -3.88. The average molecular weight is 445 g/mol. The summed E-state index contributed by atoms with van der Waals surface area (Å²) in [4.78, 5) is 30.3. The van der Waals surface area contributed by atoms with Crippen LogP contribution in [0.5, 0.6) is 5.75 Å². The molecule has 0 radical (unpaired) electrons. The number of fused-ring (bicyclic) bond motifs is 1. The summed E-state index contributed by atoms with van der Waals surface area (Å²) in [5.74, 6) is 0.715. The Labute approximate surface area is 179 Å². The minimum absolute atomic E-state index is 0.0386. The van der Waals surface area contributed by atoms with Gasteiger partial charge in [0.25, 0.3) is 5.56 Å². The average Bonchev–Trinajstić information content (AvgIpc) is 3.28. The molecule has 9 nitrogen and oxygen atoms in total. The van der Waals surface area contributed by atoms with Crippen LogP contribution in [0.25, 0.3) is 10.9 Å². The minimum Gasteiger partial charge on any atom is -0.497 e. The Balaban J connectivity index is 1.62. The lowest BCUT2D eigenvalue weighted by Gasteiger charge is -2.28. The molecular weight excluding hydrogens is 420 g/mol. The Morgan fingerprint density at radius 2 is 1.87 bits per heavy atom. The molecule has 2 heterocycles. The molecule has 1 fully saturated rings. The number of H-pyrrole nitrogens is 2. The van der Waals surface area contributed by atoms with Crippen molar-refractivity contribution in [2.75, 3.05) is 26.7 Å². The lowest BCUT2D eigenvalue weighted by atomic mass is 10.1. The molecule has 1 aromatic heterocycles. The number of likely N-dealkylation sites (tertiary alicyclic amines) is 1. The van der Waals surface area contributed by atoms with E-state index < -0.39 is 21.3 Å². The largest absolute Gasteiger partial charge is 0.497 e. The van der Waals surface area contributed by atoms with Crippen molar-refractivity contribution >= 4 is 20.9 Å². The molecule has 31 heavy (non-hydrogen) atoms. The van der Waals surface area contributed by atoms with E-state index in [9.17, 15) is 18.0 Å². The molecule has 0 saturated carbocycles. The number of sulfonamides is 1. The Kier molecular flexibility index (Phi) is 5.94. The molecular formula is C21H24N4O5S. The number of nitrogens with zero attached hydrogens (tertiary/aromatic N) is 1. The fourth-order valence-corrected chi connectivity index (χ4v) is 5.01. The zero-order chi connectivity index (χ0) is 22.0. The van der Waals surface area contributed by atoms with Crippen molar-refractivity contribution < 1.29 is 13.2 Å². The number of aromatic nitrogens is 2. The van der Waals surface area contributed by atoms with Crippen molar-refractivity contribution in [3.05, 3.63) is 68.9 Å². The van der Waals surface area contributed by atoms with Crippen molar-refractivity contribution in [3.8, 4) is 5.75 Å². The molecule has 1 aliphatic heterocycles. The standard InChI is InChI=1S/C21H24N4O5S/c1-30-15-6-4-5-14(11-15)19(25-9-2-3-10-25)13-22-31(28,29)16-7-8-18-17(12-16)20(26)24-21(27)23-18/h4-8,11-12,19,22H,2-3,9-10,13H2,1H3,(H2,23,24,26,27). The maximum absolute atomic E-state index is 13.0. The molecule has 10 heteroatoms. The van der Waals surface area contributed by atoms with Gasteiger partial charge in [0.05, 0.1) is 22.9 Å². The second kappa shape index (κ2) is 8.66. The van der Waals surface area contributed by atoms with Crippen molar-refractivity contribution in [1.29, 1.82) is 0 Å². The van der Waals surface area contributed by atoms with Crippen LogP contribution < -0.4 is 20.7 Å². The summed E-state index contributed by atoms with van der Waals surface area (Å²) in [7, 11) is -2.28. The lowest BCUT2D eigenvalue weighted by molar-refractivity contribution is 0.246. The van der Waals surface area contributed by atoms with Crippen LogP contribution in [0.15, 0.2) is 56.9 Å². The zero-order valence-electron chi connectivity index (χ0n) is 17.1. The van der Waals surface area contributed by atoms with Crippen LogP contribution in [0.4, 0.5) is 0 Å². The van der Waals surface area contributed by atoms with E-state index in [1.165, 1.54) is 18.2 Å². The highest BCUT2D eigenvalue weighted by Gasteiger charge is 2.26. The fraction of sp³-hybridized carbons (Fsp3) is 0.333. The third-order valence-corrected chi connectivity index (χ3v) is 6.97. The Hall–Kier alpha value is -2.95. The summed E-state index contributed by atoms with van der Waals surface area (Å²) in [5, 5.41) is 0.103. The molecule has 3 N–H and O–H groups in total. The molecule has 1 atom stereocenters.